The summed E-state index contributed by atoms with van der Waals surface area (Å²) in [6.07, 6.45) is 0. The van der Waals surface area contributed by atoms with E-state index in [1.807, 2.05) is 0 Å². The molecule has 0 amide bonds. The molecule has 90 valence electrons. The largest absolute Gasteiger partial charge is 0.399 e. The Balaban J connectivity index is 3.23. The number of nitrogens with two attached hydrogens (primary N) is 1. The first-order valence-electron chi connectivity index (χ1n) is 4.81. The fourth-order valence-corrected chi connectivity index (χ4v) is 2.72. The van der Waals surface area contributed by atoms with Gasteiger partial charge in [0.25, 0.3) is 0 Å². The van der Waals surface area contributed by atoms with Crippen LogP contribution >= 0.6 is 0 Å². The fraction of sp³-hybridized carbons (Fsp3) is 0.400. The van der Waals surface area contributed by atoms with Crippen LogP contribution in [0, 0.1) is 13.8 Å². The van der Waals surface area contributed by atoms with Gasteiger partial charge in [-0.2, -0.15) is 8.42 Å². The van der Waals surface area contributed by atoms with Gasteiger partial charge in [-0.05, 0) is 44.0 Å². The van der Waals surface area contributed by atoms with E-state index in [0.29, 0.717) is 16.8 Å². The van der Waals surface area contributed by atoms with E-state index in [-0.39, 0.29) is 11.5 Å². The number of nitrogen functional groups attached to an aromatic ring is 1. The van der Waals surface area contributed by atoms with Crippen molar-refractivity contribution in [2.45, 2.75) is 25.7 Å². The van der Waals surface area contributed by atoms with E-state index in [1.54, 1.807) is 32.9 Å². The minimum absolute atomic E-state index is 0.107. The minimum atomic E-state index is -3.88. The summed E-state index contributed by atoms with van der Waals surface area (Å²) >= 11 is 0. The summed E-state index contributed by atoms with van der Waals surface area (Å²) in [5.41, 5.74) is 7.20. The van der Waals surface area contributed by atoms with Gasteiger partial charge in [0.1, 0.15) is 4.90 Å². The molecule has 6 heteroatoms. The predicted octanol–water partition coefficient (Wildman–Crippen LogP) is 1.54. The normalized spacial score (nSPS) is 11.7. The van der Waals surface area contributed by atoms with Gasteiger partial charge >= 0.3 is 10.1 Å². The molecule has 1 aromatic rings. The predicted molar refractivity (Wildman–Crippen MR) is 60.2 cm³/mol. The van der Waals surface area contributed by atoms with Crippen LogP contribution in [0.15, 0.2) is 17.0 Å². The Morgan fingerprint density at radius 2 is 1.75 bits per heavy atom. The third-order valence-electron chi connectivity index (χ3n) is 1.99. The van der Waals surface area contributed by atoms with E-state index in [2.05, 4.69) is 9.22 Å². The average Bonchev–Trinajstić information content (AvgIpc) is 2.12. The Kier molecular flexibility index (Phi) is 3.90. The van der Waals surface area contributed by atoms with Gasteiger partial charge in [0.2, 0.25) is 0 Å². The minimum Gasteiger partial charge on any atom is -0.399 e. The standard InChI is InChI=1S/C10H15NO4S/c1-4-14-15-16(12,13)10-7(2)5-9(11)6-8(10)3/h5-6H,4,11H2,1-3H3. The van der Waals surface area contributed by atoms with Crippen LogP contribution in [0.2, 0.25) is 0 Å². The zero-order chi connectivity index (χ0) is 12.3. The maximum atomic E-state index is 11.8. The van der Waals surface area contributed by atoms with E-state index in [1.165, 1.54) is 0 Å². The van der Waals surface area contributed by atoms with Crippen LogP contribution in [-0.4, -0.2) is 15.0 Å². The van der Waals surface area contributed by atoms with Crippen molar-refractivity contribution >= 4 is 15.8 Å². The van der Waals surface area contributed by atoms with Gasteiger partial charge in [0, 0.05) is 5.69 Å². The molecular formula is C10H15NO4S. The Hall–Kier alpha value is -1.11. The van der Waals surface area contributed by atoms with Crippen LogP contribution in [0.1, 0.15) is 18.1 Å². The molecule has 1 rings (SSSR count). The van der Waals surface area contributed by atoms with Gasteiger partial charge in [-0.3, -0.25) is 0 Å². The van der Waals surface area contributed by atoms with Crippen molar-refractivity contribution in [1.82, 2.24) is 0 Å². The lowest BCUT2D eigenvalue weighted by atomic mass is 10.1. The number of anilines is 1. The van der Waals surface area contributed by atoms with Gasteiger partial charge in [0.05, 0.1) is 6.61 Å². The number of aryl methyl sites for hydroxylation is 2. The molecule has 0 fully saturated rings. The van der Waals surface area contributed by atoms with Crippen molar-refractivity contribution in [2.75, 3.05) is 12.3 Å². The second-order valence-electron chi connectivity index (χ2n) is 3.41. The Bertz CT molecular complexity index is 459. The zero-order valence-electron chi connectivity index (χ0n) is 9.48. The number of rotatable bonds is 4. The van der Waals surface area contributed by atoms with Gasteiger partial charge in [-0.15, -0.1) is 4.33 Å². The van der Waals surface area contributed by atoms with Crippen molar-refractivity contribution in [3.63, 3.8) is 0 Å². The fourth-order valence-electron chi connectivity index (χ4n) is 1.52. The monoisotopic (exact) mass is 245 g/mol. The second-order valence-corrected chi connectivity index (χ2v) is 4.87. The maximum Gasteiger partial charge on any atom is 0.323 e. The van der Waals surface area contributed by atoms with Crippen molar-refractivity contribution < 1.29 is 17.6 Å². The molecule has 1 aromatic carbocycles. The van der Waals surface area contributed by atoms with E-state index < -0.39 is 10.1 Å². The molecule has 0 heterocycles. The quantitative estimate of drug-likeness (QED) is 0.494. The number of benzene rings is 1. The van der Waals surface area contributed by atoms with E-state index >= 15 is 0 Å². The highest BCUT2D eigenvalue weighted by atomic mass is 32.2. The molecule has 0 bridgehead atoms. The average molecular weight is 245 g/mol. The summed E-state index contributed by atoms with van der Waals surface area (Å²) in [5.74, 6) is 0. The third-order valence-corrected chi connectivity index (χ3v) is 3.41. The molecule has 0 spiro atoms. The maximum absolute atomic E-state index is 11.8. The van der Waals surface area contributed by atoms with E-state index in [0.717, 1.165) is 0 Å². The van der Waals surface area contributed by atoms with Crippen LogP contribution in [0.25, 0.3) is 0 Å². The molecule has 5 nitrogen and oxygen atoms in total. The van der Waals surface area contributed by atoms with E-state index in [4.69, 9.17) is 5.73 Å². The highest BCUT2D eigenvalue weighted by Crippen LogP contribution is 2.24. The molecule has 0 saturated carbocycles. The lowest BCUT2D eigenvalue weighted by molar-refractivity contribution is -0.196. The molecule has 0 aliphatic rings. The Labute approximate surface area is 95.2 Å². The summed E-state index contributed by atoms with van der Waals surface area (Å²) in [6.45, 7) is 5.11. The van der Waals surface area contributed by atoms with Crippen molar-refractivity contribution in [3.8, 4) is 0 Å². The zero-order valence-corrected chi connectivity index (χ0v) is 10.3. The summed E-state index contributed by atoms with van der Waals surface area (Å²) in [5, 5.41) is 0. The van der Waals surface area contributed by atoms with Gasteiger partial charge in [-0.1, -0.05) is 0 Å². The van der Waals surface area contributed by atoms with E-state index in [9.17, 15) is 8.42 Å². The van der Waals surface area contributed by atoms with Crippen LogP contribution in [0.3, 0.4) is 0 Å². The molecule has 0 atom stereocenters. The van der Waals surface area contributed by atoms with Gasteiger partial charge in [0.15, 0.2) is 0 Å². The Morgan fingerprint density at radius 3 is 2.19 bits per heavy atom. The molecular weight excluding hydrogens is 230 g/mol. The highest BCUT2D eigenvalue weighted by molar-refractivity contribution is 7.86. The van der Waals surface area contributed by atoms with Gasteiger partial charge in [-0.25, -0.2) is 4.89 Å². The highest BCUT2D eigenvalue weighted by Gasteiger charge is 2.21. The SMILES string of the molecule is CCOOS(=O)(=O)c1c(C)cc(N)cc1C. The first-order chi connectivity index (χ1) is 7.38. The second kappa shape index (κ2) is 4.82. The molecule has 0 unspecified atom stereocenters. The first kappa shape index (κ1) is 13.0. The summed E-state index contributed by atoms with van der Waals surface area (Å²) in [4.78, 5) is 4.58. The molecule has 16 heavy (non-hydrogen) atoms. The number of hydrogen-bond acceptors (Lipinski definition) is 5. The van der Waals surface area contributed by atoms with Crippen molar-refractivity contribution in [1.29, 1.82) is 0 Å². The molecule has 2 N–H and O–H groups in total. The van der Waals surface area contributed by atoms with Crippen molar-refractivity contribution in [2.24, 2.45) is 0 Å². The molecule has 0 aliphatic carbocycles. The first-order valence-corrected chi connectivity index (χ1v) is 6.22. The van der Waals surface area contributed by atoms with Crippen LogP contribution in [-0.2, 0) is 19.3 Å². The topological polar surface area (TPSA) is 78.6 Å². The summed E-state index contributed by atoms with van der Waals surface area (Å²) < 4.78 is 27.9. The molecule has 0 radical (unpaired) electrons. The third kappa shape index (κ3) is 2.72. The van der Waals surface area contributed by atoms with Crippen LogP contribution < -0.4 is 5.73 Å². The molecule has 0 aliphatic heterocycles. The molecule has 0 saturated heterocycles. The molecule has 0 aromatic heterocycles. The Morgan fingerprint density at radius 1 is 1.25 bits per heavy atom. The van der Waals surface area contributed by atoms with Crippen molar-refractivity contribution in [3.05, 3.63) is 23.3 Å². The van der Waals surface area contributed by atoms with Crippen LogP contribution in [0.4, 0.5) is 5.69 Å². The lowest BCUT2D eigenvalue weighted by Crippen LogP contribution is -2.11. The lowest BCUT2D eigenvalue weighted by Gasteiger charge is -2.10. The summed E-state index contributed by atoms with van der Waals surface area (Å²) in [6, 6.07) is 3.16. The number of hydrogen-bond donors (Lipinski definition) is 1. The van der Waals surface area contributed by atoms with Crippen LogP contribution in [0.5, 0.6) is 0 Å². The smallest absolute Gasteiger partial charge is 0.323 e. The van der Waals surface area contributed by atoms with Gasteiger partial charge < -0.3 is 5.73 Å². The summed E-state index contributed by atoms with van der Waals surface area (Å²) in [7, 11) is -3.88.